The van der Waals surface area contributed by atoms with E-state index in [1.165, 1.54) is 0 Å². The van der Waals surface area contributed by atoms with Crippen LogP contribution in [0.1, 0.15) is 24.2 Å². The number of amides is 1. The van der Waals surface area contributed by atoms with Crippen molar-refractivity contribution in [3.63, 3.8) is 0 Å². The van der Waals surface area contributed by atoms with Gasteiger partial charge in [-0.05, 0) is 32.0 Å². The molecule has 0 aliphatic rings. The molecule has 0 bridgehead atoms. The number of aromatic amines is 1. The monoisotopic (exact) mass is 261 g/mol. The zero-order valence-corrected chi connectivity index (χ0v) is 11.2. The van der Waals surface area contributed by atoms with Gasteiger partial charge in [-0.2, -0.15) is 0 Å². The third kappa shape index (κ3) is 3.06. The summed E-state index contributed by atoms with van der Waals surface area (Å²) >= 11 is 0. The quantitative estimate of drug-likeness (QED) is 0.719. The maximum absolute atomic E-state index is 12.1. The normalized spacial score (nSPS) is 12.5. The lowest BCUT2D eigenvalue weighted by Crippen LogP contribution is -2.32. The molecule has 0 saturated carbocycles. The largest absolute Gasteiger partial charge is 0.399 e. The second-order valence-corrected chi connectivity index (χ2v) is 4.48. The molecule has 19 heavy (non-hydrogen) atoms. The summed E-state index contributed by atoms with van der Waals surface area (Å²) in [6.07, 6.45) is 1.70. The number of anilines is 1. The smallest absolute Gasteiger partial charge is 0.253 e. The summed E-state index contributed by atoms with van der Waals surface area (Å²) in [5.74, 6) is -0.122. The topological polar surface area (TPSA) is 80.1 Å². The third-order valence-electron chi connectivity index (χ3n) is 2.95. The number of rotatable bonds is 5. The maximum atomic E-state index is 12.1. The summed E-state index contributed by atoms with van der Waals surface area (Å²) in [6.45, 7) is 4.99. The van der Waals surface area contributed by atoms with Crippen LogP contribution in [0.2, 0.25) is 0 Å². The van der Waals surface area contributed by atoms with E-state index in [0.29, 0.717) is 24.4 Å². The molecule has 2 aromatic rings. The van der Waals surface area contributed by atoms with Gasteiger partial charge in [-0.15, -0.1) is 0 Å². The number of hydrogen-bond donors (Lipinski definition) is 3. The molecule has 1 unspecified atom stereocenters. The highest BCUT2D eigenvalue weighted by molar-refractivity contribution is 6.07. The van der Waals surface area contributed by atoms with Gasteiger partial charge < -0.3 is 20.8 Å². The van der Waals surface area contributed by atoms with Crippen molar-refractivity contribution < 1.29 is 9.53 Å². The molecule has 1 aromatic heterocycles. The fourth-order valence-electron chi connectivity index (χ4n) is 2.00. The lowest BCUT2D eigenvalue weighted by molar-refractivity contribution is 0.0695. The van der Waals surface area contributed by atoms with E-state index >= 15 is 0 Å². The average Bonchev–Trinajstić information content (AvgIpc) is 2.79. The van der Waals surface area contributed by atoms with E-state index in [4.69, 9.17) is 10.5 Å². The number of hydrogen-bond acceptors (Lipinski definition) is 3. The molecule has 0 spiro atoms. The van der Waals surface area contributed by atoms with Gasteiger partial charge in [0.15, 0.2) is 0 Å². The molecule has 5 heteroatoms. The van der Waals surface area contributed by atoms with E-state index in [-0.39, 0.29) is 12.0 Å². The predicted octanol–water partition coefficient (Wildman–Crippen LogP) is 1.90. The van der Waals surface area contributed by atoms with Gasteiger partial charge in [-0.25, -0.2) is 0 Å². The number of benzene rings is 1. The molecule has 1 amide bonds. The summed E-state index contributed by atoms with van der Waals surface area (Å²) in [5, 5.41) is 3.69. The van der Waals surface area contributed by atoms with Crippen molar-refractivity contribution in [2.24, 2.45) is 0 Å². The Morgan fingerprint density at radius 3 is 3.05 bits per heavy atom. The molecule has 0 aliphatic heterocycles. The van der Waals surface area contributed by atoms with Crippen LogP contribution in [0.3, 0.4) is 0 Å². The van der Waals surface area contributed by atoms with Crippen molar-refractivity contribution in [1.82, 2.24) is 10.3 Å². The SMILES string of the molecule is CCOC(C)CNC(=O)c1c[nH]c2ccc(N)cc12. The number of aromatic nitrogens is 1. The van der Waals surface area contributed by atoms with Crippen LogP contribution in [0, 0.1) is 0 Å². The van der Waals surface area contributed by atoms with Crippen molar-refractivity contribution >= 4 is 22.5 Å². The average molecular weight is 261 g/mol. The molecule has 0 fully saturated rings. The molecule has 1 heterocycles. The molecular formula is C14H19N3O2. The molecular weight excluding hydrogens is 242 g/mol. The summed E-state index contributed by atoms with van der Waals surface area (Å²) < 4.78 is 5.37. The van der Waals surface area contributed by atoms with Crippen LogP contribution in [-0.2, 0) is 4.74 Å². The standard InChI is InChI=1S/C14H19N3O2/c1-3-19-9(2)7-17-14(18)12-8-16-13-5-4-10(15)6-11(12)13/h4-6,8-9,16H,3,7,15H2,1-2H3,(H,17,18). The lowest BCUT2D eigenvalue weighted by atomic mass is 10.1. The van der Waals surface area contributed by atoms with Crippen molar-refractivity contribution in [3.8, 4) is 0 Å². The first kappa shape index (κ1) is 13.4. The number of nitrogens with one attached hydrogen (secondary N) is 2. The first-order valence-electron chi connectivity index (χ1n) is 6.38. The van der Waals surface area contributed by atoms with Crippen LogP contribution in [0.25, 0.3) is 10.9 Å². The fraction of sp³-hybridized carbons (Fsp3) is 0.357. The Labute approximate surface area is 112 Å². The second-order valence-electron chi connectivity index (χ2n) is 4.48. The van der Waals surface area contributed by atoms with Gasteiger partial charge in [-0.1, -0.05) is 0 Å². The number of ether oxygens (including phenoxy) is 1. The predicted molar refractivity (Wildman–Crippen MR) is 76.1 cm³/mol. The molecule has 1 aromatic carbocycles. The highest BCUT2D eigenvalue weighted by Crippen LogP contribution is 2.20. The highest BCUT2D eigenvalue weighted by Gasteiger charge is 2.13. The zero-order valence-electron chi connectivity index (χ0n) is 11.2. The molecule has 0 saturated heterocycles. The first-order chi connectivity index (χ1) is 9.11. The molecule has 4 N–H and O–H groups in total. The van der Waals surface area contributed by atoms with Gasteiger partial charge >= 0.3 is 0 Å². The van der Waals surface area contributed by atoms with Gasteiger partial charge in [0.25, 0.3) is 5.91 Å². The highest BCUT2D eigenvalue weighted by atomic mass is 16.5. The fourth-order valence-corrected chi connectivity index (χ4v) is 2.00. The van der Waals surface area contributed by atoms with E-state index in [1.54, 1.807) is 18.3 Å². The number of carbonyl (C=O) groups is 1. The number of carbonyl (C=O) groups excluding carboxylic acids is 1. The van der Waals surface area contributed by atoms with Gasteiger partial charge in [0.05, 0.1) is 11.7 Å². The number of nitrogen functional groups attached to an aromatic ring is 1. The van der Waals surface area contributed by atoms with Gasteiger partial charge in [0, 0.05) is 35.9 Å². The minimum absolute atomic E-state index is 0.00391. The molecule has 5 nitrogen and oxygen atoms in total. The summed E-state index contributed by atoms with van der Waals surface area (Å²) in [7, 11) is 0. The van der Waals surface area contributed by atoms with Crippen LogP contribution >= 0.6 is 0 Å². The lowest BCUT2D eigenvalue weighted by Gasteiger charge is -2.12. The van der Waals surface area contributed by atoms with Crippen LogP contribution in [0.15, 0.2) is 24.4 Å². The van der Waals surface area contributed by atoms with E-state index in [1.807, 2.05) is 19.9 Å². The van der Waals surface area contributed by atoms with E-state index in [9.17, 15) is 4.79 Å². The second kappa shape index (κ2) is 5.75. The molecule has 0 aliphatic carbocycles. The Morgan fingerprint density at radius 1 is 1.53 bits per heavy atom. The van der Waals surface area contributed by atoms with Gasteiger partial charge in [-0.3, -0.25) is 4.79 Å². The zero-order chi connectivity index (χ0) is 13.8. The number of fused-ring (bicyclic) bond motifs is 1. The maximum Gasteiger partial charge on any atom is 0.253 e. The van der Waals surface area contributed by atoms with Crippen LogP contribution in [-0.4, -0.2) is 30.1 Å². The number of nitrogens with two attached hydrogens (primary N) is 1. The van der Waals surface area contributed by atoms with E-state index in [2.05, 4.69) is 10.3 Å². The van der Waals surface area contributed by atoms with Crippen LogP contribution < -0.4 is 11.1 Å². The third-order valence-corrected chi connectivity index (χ3v) is 2.95. The Kier molecular flexibility index (Phi) is 4.06. The van der Waals surface area contributed by atoms with E-state index < -0.39 is 0 Å². The summed E-state index contributed by atoms with van der Waals surface area (Å²) in [6, 6.07) is 5.47. The molecule has 1 atom stereocenters. The summed E-state index contributed by atoms with van der Waals surface area (Å²) in [5.41, 5.74) is 7.89. The van der Waals surface area contributed by atoms with Crippen LogP contribution in [0.5, 0.6) is 0 Å². The Balaban J connectivity index is 2.11. The van der Waals surface area contributed by atoms with Crippen molar-refractivity contribution in [2.45, 2.75) is 20.0 Å². The Morgan fingerprint density at radius 2 is 2.32 bits per heavy atom. The van der Waals surface area contributed by atoms with E-state index in [0.717, 1.165) is 10.9 Å². The Hall–Kier alpha value is -2.01. The van der Waals surface area contributed by atoms with Crippen molar-refractivity contribution in [2.75, 3.05) is 18.9 Å². The molecule has 102 valence electrons. The minimum Gasteiger partial charge on any atom is -0.399 e. The van der Waals surface area contributed by atoms with Gasteiger partial charge in [0.1, 0.15) is 0 Å². The molecule has 2 rings (SSSR count). The van der Waals surface area contributed by atoms with Crippen LogP contribution in [0.4, 0.5) is 5.69 Å². The van der Waals surface area contributed by atoms with Crippen molar-refractivity contribution in [3.05, 3.63) is 30.0 Å². The van der Waals surface area contributed by atoms with Gasteiger partial charge in [0.2, 0.25) is 0 Å². The van der Waals surface area contributed by atoms with Crippen molar-refractivity contribution in [1.29, 1.82) is 0 Å². The first-order valence-corrected chi connectivity index (χ1v) is 6.38. The number of H-pyrrole nitrogens is 1. The Bertz CT molecular complexity index is 577. The minimum atomic E-state index is -0.122. The molecule has 0 radical (unpaired) electrons. The summed E-state index contributed by atoms with van der Waals surface area (Å²) in [4.78, 5) is 15.2.